The van der Waals surface area contributed by atoms with E-state index in [-0.39, 0.29) is 5.56 Å². The Bertz CT molecular complexity index is 598. The number of aromatic amines is 1. The maximum absolute atomic E-state index is 11.3. The van der Waals surface area contributed by atoms with Crippen LogP contribution in [0.15, 0.2) is 33.3 Å². The zero-order chi connectivity index (χ0) is 13.0. The maximum Gasteiger partial charge on any atom is 0.251 e. The van der Waals surface area contributed by atoms with Crippen LogP contribution in [0.3, 0.4) is 0 Å². The molecule has 0 aromatic carbocycles. The van der Waals surface area contributed by atoms with Crippen LogP contribution in [0.5, 0.6) is 0 Å². The van der Waals surface area contributed by atoms with E-state index in [0.717, 1.165) is 11.6 Å². The van der Waals surface area contributed by atoms with Crippen LogP contribution in [-0.2, 0) is 0 Å². The molecule has 0 fully saturated rings. The van der Waals surface area contributed by atoms with Crippen LogP contribution in [0, 0.1) is 6.92 Å². The molecule has 2 rings (SSSR count). The first kappa shape index (κ1) is 12.6. The van der Waals surface area contributed by atoms with Gasteiger partial charge in [-0.15, -0.1) is 0 Å². The summed E-state index contributed by atoms with van der Waals surface area (Å²) in [4.78, 5) is 26.6. The third-order valence-electron chi connectivity index (χ3n) is 2.01. The molecular formula is C11H13N5OS. The number of nitrogens with one attached hydrogen (secondary N) is 2. The number of aryl methyl sites for hydroxylation is 1. The van der Waals surface area contributed by atoms with Gasteiger partial charge in [0.1, 0.15) is 5.03 Å². The Kier molecular flexibility index (Phi) is 3.93. The van der Waals surface area contributed by atoms with Crippen LogP contribution in [0.1, 0.15) is 12.6 Å². The molecule has 0 saturated carbocycles. The Labute approximate surface area is 108 Å². The highest BCUT2D eigenvalue weighted by Crippen LogP contribution is 2.21. The van der Waals surface area contributed by atoms with Gasteiger partial charge in [-0.3, -0.25) is 4.79 Å². The summed E-state index contributed by atoms with van der Waals surface area (Å²) in [7, 11) is 0. The molecule has 0 atom stereocenters. The number of hydrogen-bond donors (Lipinski definition) is 2. The molecule has 0 amide bonds. The predicted octanol–water partition coefficient (Wildman–Crippen LogP) is 1.45. The first-order chi connectivity index (χ1) is 8.67. The largest absolute Gasteiger partial charge is 0.354 e. The summed E-state index contributed by atoms with van der Waals surface area (Å²) in [5.41, 5.74) is 0.521. The number of anilines is 1. The molecule has 2 heterocycles. The van der Waals surface area contributed by atoms with Crippen LogP contribution in [0.25, 0.3) is 0 Å². The number of hydrogen-bond acceptors (Lipinski definition) is 6. The normalized spacial score (nSPS) is 10.3. The van der Waals surface area contributed by atoms with Crippen molar-refractivity contribution in [1.29, 1.82) is 0 Å². The quantitative estimate of drug-likeness (QED) is 0.641. The van der Waals surface area contributed by atoms with Gasteiger partial charge < -0.3 is 10.3 Å². The van der Waals surface area contributed by atoms with Gasteiger partial charge in [0.25, 0.3) is 5.56 Å². The highest BCUT2D eigenvalue weighted by Gasteiger charge is 2.04. The van der Waals surface area contributed by atoms with Gasteiger partial charge in [-0.05, 0) is 31.7 Å². The molecule has 0 spiro atoms. The third kappa shape index (κ3) is 3.30. The Hall–Kier alpha value is -1.89. The Balaban J connectivity index is 2.22. The van der Waals surface area contributed by atoms with Gasteiger partial charge in [-0.25, -0.2) is 15.0 Å². The van der Waals surface area contributed by atoms with Crippen molar-refractivity contribution in [1.82, 2.24) is 19.9 Å². The van der Waals surface area contributed by atoms with Crippen LogP contribution in [0.2, 0.25) is 0 Å². The molecule has 0 aliphatic rings. The monoisotopic (exact) mass is 263 g/mol. The standard InChI is InChI=1S/C11H13N5OS/c1-3-12-10-13-5-4-9(16-10)18-11-14-7(2)6-8(17)15-11/h4-6H,3H2,1-2H3,(H,12,13,16)(H,14,15,17). The highest BCUT2D eigenvalue weighted by molar-refractivity contribution is 7.99. The van der Waals surface area contributed by atoms with Gasteiger partial charge in [0.05, 0.1) is 0 Å². The number of rotatable bonds is 4. The lowest BCUT2D eigenvalue weighted by Gasteiger charge is -2.03. The molecule has 2 N–H and O–H groups in total. The molecule has 0 aliphatic heterocycles. The van der Waals surface area contributed by atoms with E-state index in [1.165, 1.54) is 17.8 Å². The molecule has 0 bridgehead atoms. The summed E-state index contributed by atoms with van der Waals surface area (Å²) in [6, 6.07) is 3.22. The first-order valence-corrected chi connectivity index (χ1v) is 6.32. The van der Waals surface area contributed by atoms with Gasteiger partial charge in [0.15, 0.2) is 5.16 Å². The third-order valence-corrected chi connectivity index (χ3v) is 2.84. The van der Waals surface area contributed by atoms with Crippen molar-refractivity contribution in [2.24, 2.45) is 0 Å². The number of H-pyrrole nitrogens is 1. The smallest absolute Gasteiger partial charge is 0.251 e. The molecule has 7 heteroatoms. The summed E-state index contributed by atoms with van der Waals surface area (Å²) in [6.45, 7) is 4.51. The van der Waals surface area contributed by atoms with E-state index in [4.69, 9.17) is 0 Å². The van der Waals surface area contributed by atoms with Gasteiger partial charge >= 0.3 is 0 Å². The summed E-state index contributed by atoms with van der Waals surface area (Å²) in [5, 5.41) is 4.29. The van der Waals surface area contributed by atoms with Gasteiger partial charge in [-0.1, -0.05) is 0 Å². The maximum atomic E-state index is 11.3. The fraction of sp³-hybridized carbons (Fsp3) is 0.273. The second-order valence-corrected chi connectivity index (χ2v) is 4.55. The number of nitrogens with zero attached hydrogens (tertiary/aromatic N) is 3. The SMILES string of the molecule is CCNc1nccc(Sc2nc(C)cc(=O)[nH]2)n1. The van der Waals surface area contributed by atoms with Crippen molar-refractivity contribution in [3.8, 4) is 0 Å². The van der Waals surface area contributed by atoms with E-state index >= 15 is 0 Å². The van der Waals surface area contributed by atoms with E-state index in [1.54, 1.807) is 19.2 Å². The second kappa shape index (κ2) is 5.63. The molecule has 0 radical (unpaired) electrons. The van der Waals surface area contributed by atoms with E-state index in [2.05, 4.69) is 25.3 Å². The van der Waals surface area contributed by atoms with Crippen molar-refractivity contribution >= 4 is 17.7 Å². The predicted molar refractivity (Wildman–Crippen MR) is 69.9 cm³/mol. The fourth-order valence-corrected chi connectivity index (χ4v) is 2.14. The van der Waals surface area contributed by atoms with Crippen LogP contribution in [-0.4, -0.2) is 26.5 Å². The molecule has 2 aromatic rings. The van der Waals surface area contributed by atoms with Crippen molar-refractivity contribution in [3.63, 3.8) is 0 Å². The summed E-state index contributed by atoms with van der Waals surface area (Å²) < 4.78 is 0. The topological polar surface area (TPSA) is 83.6 Å². The van der Waals surface area contributed by atoms with Gasteiger partial charge in [0.2, 0.25) is 5.95 Å². The summed E-state index contributed by atoms with van der Waals surface area (Å²) in [6.07, 6.45) is 1.67. The fourth-order valence-electron chi connectivity index (χ4n) is 1.34. The summed E-state index contributed by atoms with van der Waals surface area (Å²) in [5.74, 6) is 0.567. The zero-order valence-corrected chi connectivity index (χ0v) is 10.9. The lowest BCUT2D eigenvalue weighted by Crippen LogP contribution is -2.08. The van der Waals surface area contributed by atoms with Crippen LogP contribution < -0.4 is 10.9 Å². The molecule has 18 heavy (non-hydrogen) atoms. The van der Waals surface area contributed by atoms with Crippen LogP contribution >= 0.6 is 11.8 Å². The molecule has 6 nitrogen and oxygen atoms in total. The van der Waals surface area contributed by atoms with E-state index in [0.29, 0.717) is 16.8 Å². The molecule has 0 saturated heterocycles. The minimum absolute atomic E-state index is 0.161. The van der Waals surface area contributed by atoms with Crippen LogP contribution in [0.4, 0.5) is 5.95 Å². The lowest BCUT2D eigenvalue weighted by atomic mass is 10.5. The van der Waals surface area contributed by atoms with Crippen molar-refractivity contribution in [2.45, 2.75) is 24.0 Å². The molecule has 0 aliphatic carbocycles. The minimum atomic E-state index is -0.161. The van der Waals surface area contributed by atoms with Gasteiger partial charge in [-0.2, -0.15) is 0 Å². The molecular weight excluding hydrogens is 250 g/mol. The zero-order valence-electron chi connectivity index (χ0n) is 10.1. The van der Waals surface area contributed by atoms with E-state index in [1.807, 2.05) is 6.92 Å². The molecule has 0 unspecified atom stereocenters. The second-order valence-electron chi connectivity index (χ2n) is 3.54. The first-order valence-electron chi connectivity index (χ1n) is 5.50. The highest BCUT2D eigenvalue weighted by atomic mass is 32.2. The van der Waals surface area contributed by atoms with Crippen molar-refractivity contribution < 1.29 is 0 Å². The lowest BCUT2D eigenvalue weighted by molar-refractivity contribution is 0.900. The minimum Gasteiger partial charge on any atom is -0.354 e. The van der Waals surface area contributed by atoms with E-state index < -0.39 is 0 Å². The summed E-state index contributed by atoms with van der Waals surface area (Å²) >= 11 is 1.30. The Morgan fingerprint density at radius 2 is 2.28 bits per heavy atom. The molecule has 2 aromatic heterocycles. The average molecular weight is 263 g/mol. The Morgan fingerprint density at radius 1 is 1.44 bits per heavy atom. The van der Waals surface area contributed by atoms with Crippen molar-refractivity contribution in [2.75, 3.05) is 11.9 Å². The number of aromatic nitrogens is 4. The average Bonchev–Trinajstić information content (AvgIpc) is 2.28. The van der Waals surface area contributed by atoms with Crippen molar-refractivity contribution in [3.05, 3.63) is 34.4 Å². The van der Waals surface area contributed by atoms with Gasteiger partial charge in [0, 0.05) is 24.5 Å². The van der Waals surface area contributed by atoms with E-state index in [9.17, 15) is 4.79 Å². The molecule has 94 valence electrons. The Morgan fingerprint density at radius 3 is 3.00 bits per heavy atom.